The molecule has 0 radical (unpaired) electrons. The van der Waals surface area contributed by atoms with Crippen molar-refractivity contribution in [1.82, 2.24) is 4.90 Å². The van der Waals surface area contributed by atoms with Crippen molar-refractivity contribution in [3.63, 3.8) is 0 Å². The van der Waals surface area contributed by atoms with Gasteiger partial charge in [-0.2, -0.15) is 0 Å². The monoisotopic (exact) mass is 357 g/mol. The van der Waals surface area contributed by atoms with Crippen LogP contribution in [0.5, 0.6) is 0 Å². The lowest BCUT2D eigenvalue weighted by atomic mass is 10.1. The molecule has 0 aliphatic heterocycles. The molecule has 2 rings (SSSR count). The summed E-state index contributed by atoms with van der Waals surface area (Å²) in [7, 11) is 0. The molecule has 5 heteroatoms. The van der Waals surface area contributed by atoms with Crippen LogP contribution in [0.3, 0.4) is 0 Å². The second kappa shape index (κ2) is 10.3. The van der Waals surface area contributed by atoms with Gasteiger partial charge in [-0.05, 0) is 36.6 Å². The van der Waals surface area contributed by atoms with Crippen LogP contribution in [0.25, 0.3) is 0 Å². The fourth-order valence-corrected chi connectivity index (χ4v) is 2.62. The molecular weight excluding hydrogens is 333 g/mol. The Bertz CT molecular complexity index is 701. The molecule has 0 bridgehead atoms. The third-order valence-corrected chi connectivity index (χ3v) is 4.03. The molecule has 0 atom stereocenters. The van der Waals surface area contributed by atoms with Gasteiger partial charge < -0.3 is 9.64 Å². The smallest absolute Gasteiger partial charge is 0.307 e. The Labute approximate surface area is 153 Å². The first kappa shape index (κ1) is 19.6. The normalized spacial score (nSPS) is 10.4. The molecule has 0 saturated carbocycles. The second-order valence-electron chi connectivity index (χ2n) is 5.97. The summed E-state index contributed by atoms with van der Waals surface area (Å²) < 4.78 is 18.0. The first-order chi connectivity index (χ1) is 12.6. The van der Waals surface area contributed by atoms with Crippen molar-refractivity contribution in [3.8, 4) is 0 Å². The SMILES string of the molecule is CCOC(=O)CCN(CCc1ccccc1)C(=O)Cc1ccc(F)cc1. The molecule has 0 heterocycles. The highest BCUT2D eigenvalue weighted by atomic mass is 19.1. The molecule has 1 amide bonds. The number of rotatable bonds is 9. The quantitative estimate of drug-likeness (QED) is 0.646. The Hall–Kier alpha value is -2.69. The lowest BCUT2D eigenvalue weighted by molar-refractivity contribution is -0.144. The Balaban J connectivity index is 1.98. The van der Waals surface area contributed by atoms with Gasteiger partial charge in [-0.1, -0.05) is 42.5 Å². The number of amides is 1. The van der Waals surface area contributed by atoms with Crippen molar-refractivity contribution >= 4 is 11.9 Å². The van der Waals surface area contributed by atoms with Gasteiger partial charge in [-0.15, -0.1) is 0 Å². The summed E-state index contributed by atoms with van der Waals surface area (Å²) in [5.74, 6) is -0.729. The topological polar surface area (TPSA) is 46.6 Å². The molecule has 2 aromatic carbocycles. The van der Waals surface area contributed by atoms with Crippen LogP contribution in [-0.4, -0.2) is 36.5 Å². The molecule has 0 aliphatic carbocycles. The number of carbonyl (C=O) groups is 2. The van der Waals surface area contributed by atoms with E-state index in [-0.39, 0.29) is 30.5 Å². The van der Waals surface area contributed by atoms with Gasteiger partial charge in [-0.25, -0.2) is 4.39 Å². The van der Waals surface area contributed by atoms with Gasteiger partial charge in [0.05, 0.1) is 19.4 Å². The maximum Gasteiger partial charge on any atom is 0.307 e. The maximum atomic E-state index is 13.0. The molecule has 0 spiro atoms. The summed E-state index contributed by atoms with van der Waals surface area (Å²) in [4.78, 5) is 26.0. The van der Waals surface area contributed by atoms with Gasteiger partial charge in [0.15, 0.2) is 0 Å². The van der Waals surface area contributed by atoms with Crippen LogP contribution >= 0.6 is 0 Å². The zero-order chi connectivity index (χ0) is 18.8. The molecule has 0 unspecified atom stereocenters. The lowest BCUT2D eigenvalue weighted by Gasteiger charge is -2.22. The Morgan fingerprint density at radius 1 is 0.962 bits per heavy atom. The predicted octanol–water partition coefficient (Wildman–Crippen LogP) is 3.39. The minimum absolute atomic E-state index is 0.0863. The van der Waals surface area contributed by atoms with Gasteiger partial charge in [0.1, 0.15) is 5.82 Å². The van der Waals surface area contributed by atoms with Crippen LogP contribution in [0.15, 0.2) is 54.6 Å². The summed E-state index contributed by atoms with van der Waals surface area (Å²) in [5.41, 5.74) is 1.88. The highest BCUT2D eigenvalue weighted by Crippen LogP contribution is 2.08. The largest absolute Gasteiger partial charge is 0.466 e. The molecule has 4 nitrogen and oxygen atoms in total. The van der Waals surface area contributed by atoms with Gasteiger partial charge >= 0.3 is 5.97 Å². The molecule has 0 aliphatic rings. The van der Waals surface area contributed by atoms with Crippen molar-refractivity contribution in [2.45, 2.75) is 26.2 Å². The van der Waals surface area contributed by atoms with Gasteiger partial charge in [0.25, 0.3) is 0 Å². The van der Waals surface area contributed by atoms with Crippen molar-refractivity contribution in [2.75, 3.05) is 19.7 Å². The predicted molar refractivity (Wildman–Crippen MR) is 98.1 cm³/mol. The van der Waals surface area contributed by atoms with E-state index in [4.69, 9.17) is 4.74 Å². The molecule has 0 N–H and O–H groups in total. The zero-order valence-corrected chi connectivity index (χ0v) is 15.0. The number of ether oxygens (including phenoxy) is 1. The van der Waals surface area contributed by atoms with Crippen LogP contribution in [0.2, 0.25) is 0 Å². The first-order valence-electron chi connectivity index (χ1n) is 8.80. The maximum absolute atomic E-state index is 13.0. The van der Waals surface area contributed by atoms with Crippen molar-refractivity contribution < 1.29 is 18.7 Å². The zero-order valence-electron chi connectivity index (χ0n) is 15.0. The fourth-order valence-electron chi connectivity index (χ4n) is 2.62. The number of halogens is 1. The molecule has 0 fully saturated rings. The van der Waals surface area contributed by atoms with E-state index in [1.165, 1.54) is 12.1 Å². The highest BCUT2D eigenvalue weighted by Gasteiger charge is 2.16. The average Bonchev–Trinajstić information content (AvgIpc) is 2.64. The van der Waals surface area contributed by atoms with Crippen LogP contribution in [-0.2, 0) is 27.2 Å². The van der Waals surface area contributed by atoms with Crippen molar-refractivity contribution in [3.05, 3.63) is 71.5 Å². The standard InChI is InChI=1S/C21H24FNO3/c1-2-26-21(25)13-15-23(14-12-17-6-4-3-5-7-17)20(24)16-18-8-10-19(22)11-9-18/h3-11H,2,12-16H2,1H3. The molecule has 138 valence electrons. The summed E-state index contributed by atoms with van der Waals surface area (Å²) in [6, 6.07) is 15.8. The Kier molecular flexibility index (Phi) is 7.80. The van der Waals surface area contributed by atoms with Gasteiger partial charge in [-0.3, -0.25) is 9.59 Å². The van der Waals surface area contributed by atoms with Gasteiger partial charge in [0, 0.05) is 13.1 Å². The van der Waals surface area contributed by atoms with Crippen molar-refractivity contribution in [1.29, 1.82) is 0 Å². The van der Waals surface area contributed by atoms with Crippen LogP contribution in [0.4, 0.5) is 4.39 Å². The third kappa shape index (κ3) is 6.67. The second-order valence-corrected chi connectivity index (χ2v) is 5.97. The van der Waals surface area contributed by atoms with Crippen molar-refractivity contribution in [2.24, 2.45) is 0 Å². The fraction of sp³-hybridized carbons (Fsp3) is 0.333. The number of carbonyl (C=O) groups excluding carboxylic acids is 2. The van der Waals surface area contributed by atoms with Gasteiger partial charge in [0.2, 0.25) is 5.91 Å². The van der Waals surface area contributed by atoms with E-state index >= 15 is 0 Å². The van der Waals surface area contributed by atoms with Crippen LogP contribution in [0, 0.1) is 5.82 Å². The van der Waals surface area contributed by atoms with E-state index in [1.807, 2.05) is 30.3 Å². The molecule has 0 saturated heterocycles. The molecular formula is C21H24FNO3. The lowest BCUT2D eigenvalue weighted by Crippen LogP contribution is -2.36. The minimum Gasteiger partial charge on any atom is -0.466 e. The summed E-state index contributed by atoms with van der Waals surface area (Å²) in [6.07, 6.45) is 1.05. The number of hydrogen-bond donors (Lipinski definition) is 0. The first-order valence-corrected chi connectivity index (χ1v) is 8.80. The molecule has 0 aromatic heterocycles. The Morgan fingerprint density at radius 2 is 1.65 bits per heavy atom. The summed E-state index contributed by atoms with van der Waals surface area (Å²) in [6.45, 7) is 2.91. The number of benzene rings is 2. The highest BCUT2D eigenvalue weighted by molar-refractivity contribution is 5.79. The Morgan fingerprint density at radius 3 is 2.31 bits per heavy atom. The molecule has 26 heavy (non-hydrogen) atoms. The average molecular weight is 357 g/mol. The summed E-state index contributed by atoms with van der Waals surface area (Å²) >= 11 is 0. The number of hydrogen-bond acceptors (Lipinski definition) is 3. The van der Waals surface area contributed by atoms with E-state index in [9.17, 15) is 14.0 Å². The van der Waals surface area contributed by atoms with Crippen LogP contribution in [0.1, 0.15) is 24.5 Å². The number of esters is 1. The van der Waals surface area contributed by atoms with E-state index < -0.39 is 0 Å². The summed E-state index contributed by atoms with van der Waals surface area (Å²) in [5, 5.41) is 0. The van der Waals surface area contributed by atoms with E-state index in [0.717, 1.165) is 11.1 Å². The third-order valence-electron chi connectivity index (χ3n) is 4.03. The van der Waals surface area contributed by atoms with E-state index in [2.05, 4.69) is 0 Å². The number of nitrogens with zero attached hydrogens (tertiary/aromatic N) is 1. The minimum atomic E-state index is -0.329. The van der Waals surface area contributed by atoms with Crippen LogP contribution < -0.4 is 0 Å². The molecule has 2 aromatic rings. The van der Waals surface area contributed by atoms with E-state index in [1.54, 1.807) is 24.0 Å². The van der Waals surface area contributed by atoms with E-state index in [0.29, 0.717) is 26.1 Å².